The van der Waals surface area contributed by atoms with Crippen LogP contribution < -0.4 is 27.4 Å². The molecule has 0 aliphatic rings. The van der Waals surface area contributed by atoms with Crippen LogP contribution in [0.5, 0.6) is 0 Å². The highest BCUT2D eigenvalue weighted by Crippen LogP contribution is 2.07. The van der Waals surface area contributed by atoms with Gasteiger partial charge in [0, 0.05) is 0 Å². The summed E-state index contributed by atoms with van der Waals surface area (Å²) < 4.78 is 0. The van der Waals surface area contributed by atoms with Crippen molar-refractivity contribution in [2.45, 2.75) is 71.1 Å². The number of hydrogen-bond acceptors (Lipinski definition) is 7. The minimum Gasteiger partial charge on any atom is -0.481 e. The van der Waals surface area contributed by atoms with Crippen molar-refractivity contribution in [2.24, 2.45) is 23.3 Å². The summed E-state index contributed by atoms with van der Waals surface area (Å²) in [4.78, 5) is 70.9. The molecule has 0 bridgehead atoms. The van der Waals surface area contributed by atoms with Gasteiger partial charge in [0.1, 0.15) is 18.1 Å². The molecule has 0 radical (unpaired) electrons. The molecule has 0 aliphatic heterocycles. The van der Waals surface area contributed by atoms with Gasteiger partial charge in [-0.3, -0.25) is 24.0 Å². The summed E-state index contributed by atoms with van der Waals surface area (Å²) >= 11 is 0. The summed E-state index contributed by atoms with van der Waals surface area (Å²) in [6, 6.07) is -5.38. The van der Waals surface area contributed by atoms with Gasteiger partial charge in [0.25, 0.3) is 0 Å². The fraction of sp³-hybridized carbons (Fsp3) is 0.684. The van der Waals surface area contributed by atoms with E-state index in [2.05, 4.69) is 16.0 Å². The number of carboxylic acids is 2. The molecule has 0 saturated heterocycles. The first-order valence-electron chi connectivity index (χ1n) is 10.0. The van der Waals surface area contributed by atoms with Crippen molar-refractivity contribution in [2.75, 3.05) is 0 Å². The van der Waals surface area contributed by atoms with E-state index in [-0.39, 0.29) is 5.92 Å². The van der Waals surface area contributed by atoms with Crippen LogP contribution in [-0.2, 0) is 28.8 Å². The zero-order chi connectivity index (χ0) is 25.2. The molecule has 9 N–H and O–H groups in total. The SMILES string of the molecule is CC(C)CC(N)C(=O)NC(CC(=O)O)C(=O)NC(C(=O)NC(CC(N)=O)C(=O)O)C(C)C. The third-order valence-electron chi connectivity index (χ3n) is 4.34. The maximum absolute atomic E-state index is 12.7. The lowest BCUT2D eigenvalue weighted by Crippen LogP contribution is -2.59. The van der Waals surface area contributed by atoms with E-state index in [0.29, 0.717) is 6.42 Å². The first kappa shape index (κ1) is 28.8. The molecule has 0 heterocycles. The molecule has 0 aromatic rings. The highest BCUT2D eigenvalue weighted by atomic mass is 16.4. The van der Waals surface area contributed by atoms with Gasteiger partial charge >= 0.3 is 11.9 Å². The highest BCUT2D eigenvalue weighted by Gasteiger charge is 2.33. The number of rotatable bonds is 14. The number of carbonyl (C=O) groups is 6. The van der Waals surface area contributed by atoms with Crippen LogP contribution in [0.4, 0.5) is 0 Å². The second-order valence-electron chi connectivity index (χ2n) is 8.20. The molecule has 4 atom stereocenters. The van der Waals surface area contributed by atoms with Crippen LogP contribution in [0, 0.1) is 11.8 Å². The number of hydrogen-bond donors (Lipinski definition) is 7. The number of amides is 4. The van der Waals surface area contributed by atoms with Crippen molar-refractivity contribution >= 4 is 35.6 Å². The van der Waals surface area contributed by atoms with Crippen LogP contribution in [0.2, 0.25) is 0 Å². The van der Waals surface area contributed by atoms with E-state index >= 15 is 0 Å². The van der Waals surface area contributed by atoms with Gasteiger partial charge in [0.05, 0.1) is 18.9 Å². The van der Waals surface area contributed by atoms with E-state index in [1.165, 1.54) is 0 Å². The van der Waals surface area contributed by atoms with Crippen LogP contribution in [0.25, 0.3) is 0 Å². The Bertz CT molecular complexity index is 725. The summed E-state index contributed by atoms with van der Waals surface area (Å²) in [5.41, 5.74) is 10.8. The second-order valence-corrected chi connectivity index (χ2v) is 8.20. The monoisotopic (exact) mass is 459 g/mol. The van der Waals surface area contributed by atoms with E-state index in [1.54, 1.807) is 13.8 Å². The summed E-state index contributed by atoms with van der Waals surface area (Å²) in [5.74, 6) is -6.90. The van der Waals surface area contributed by atoms with Crippen LogP contribution in [0.1, 0.15) is 47.0 Å². The van der Waals surface area contributed by atoms with Gasteiger partial charge in [-0.1, -0.05) is 27.7 Å². The number of nitrogens with two attached hydrogens (primary N) is 2. The lowest BCUT2D eigenvalue weighted by Gasteiger charge is -2.26. The largest absolute Gasteiger partial charge is 0.481 e. The Hall–Kier alpha value is -3.22. The number of nitrogens with one attached hydrogen (secondary N) is 3. The van der Waals surface area contributed by atoms with Crippen molar-refractivity contribution in [3.05, 3.63) is 0 Å². The van der Waals surface area contributed by atoms with Gasteiger partial charge in [-0.2, -0.15) is 0 Å². The molecule has 4 amide bonds. The molecule has 0 aliphatic carbocycles. The van der Waals surface area contributed by atoms with Crippen molar-refractivity contribution in [3.63, 3.8) is 0 Å². The Kier molecular flexibility index (Phi) is 11.9. The van der Waals surface area contributed by atoms with Gasteiger partial charge in [-0.25, -0.2) is 4.79 Å². The number of primary amides is 1. The minimum absolute atomic E-state index is 0.0825. The standard InChI is InChI=1S/C19H33N5O8/c1-8(2)5-10(20)16(28)22-11(7-14(26)27)17(29)24-15(9(3)4)18(30)23-12(19(31)32)6-13(21)25/h8-12,15H,5-7,20H2,1-4H3,(H2,21,25)(H,22,28)(H,23,30)(H,24,29)(H,26,27)(H,31,32). The first-order chi connectivity index (χ1) is 14.6. The number of carboxylic acid groups (broad SMARTS) is 2. The van der Waals surface area contributed by atoms with E-state index < -0.39 is 78.5 Å². The van der Waals surface area contributed by atoms with E-state index in [9.17, 15) is 28.8 Å². The zero-order valence-electron chi connectivity index (χ0n) is 18.6. The van der Waals surface area contributed by atoms with Crippen LogP contribution in [0.15, 0.2) is 0 Å². The van der Waals surface area contributed by atoms with Gasteiger partial charge < -0.3 is 37.6 Å². The molecule has 0 aromatic heterocycles. The van der Waals surface area contributed by atoms with Crippen molar-refractivity contribution in [1.82, 2.24) is 16.0 Å². The molecular weight excluding hydrogens is 426 g/mol. The maximum atomic E-state index is 12.7. The quantitative estimate of drug-likeness (QED) is 0.151. The van der Waals surface area contributed by atoms with Gasteiger partial charge in [0.2, 0.25) is 23.6 Å². The van der Waals surface area contributed by atoms with E-state index in [0.717, 1.165) is 0 Å². The topological polar surface area (TPSA) is 231 Å². The normalized spacial score (nSPS) is 14.7. The molecule has 13 heteroatoms. The highest BCUT2D eigenvalue weighted by molar-refractivity contribution is 5.96. The van der Waals surface area contributed by atoms with Gasteiger partial charge in [-0.05, 0) is 18.3 Å². The summed E-state index contributed by atoms with van der Waals surface area (Å²) in [6.07, 6.45) is -1.12. The number of aliphatic carboxylic acids is 2. The Morgan fingerprint density at radius 2 is 1.31 bits per heavy atom. The Balaban J connectivity index is 5.45. The van der Waals surface area contributed by atoms with Gasteiger partial charge in [0.15, 0.2) is 0 Å². The average Bonchev–Trinajstić information content (AvgIpc) is 2.62. The molecule has 182 valence electrons. The predicted octanol–water partition coefficient (Wildman–Crippen LogP) is -2.10. The third kappa shape index (κ3) is 10.7. The third-order valence-corrected chi connectivity index (χ3v) is 4.34. The lowest BCUT2D eigenvalue weighted by atomic mass is 10.0. The summed E-state index contributed by atoms with van der Waals surface area (Å²) in [6.45, 7) is 6.78. The summed E-state index contributed by atoms with van der Waals surface area (Å²) in [7, 11) is 0. The van der Waals surface area contributed by atoms with E-state index in [1.807, 2.05) is 13.8 Å². The molecule has 0 spiro atoms. The van der Waals surface area contributed by atoms with Crippen LogP contribution in [0.3, 0.4) is 0 Å². The molecular formula is C19H33N5O8. The Morgan fingerprint density at radius 1 is 0.781 bits per heavy atom. The van der Waals surface area contributed by atoms with Crippen molar-refractivity contribution < 1.29 is 39.0 Å². The van der Waals surface area contributed by atoms with Crippen LogP contribution in [-0.4, -0.2) is 69.9 Å². The molecule has 0 aromatic carbocycles. The summed E-state index contributed by atoms with van der Waals surface area (Å²) in [5, 5.41) is 25.0. The molecule has 4 unspecified atom stereocenters. The van der Waals surface area contributed by atoms with Crippen molar-refractivity contribution in [3.8, 4) is 0 Å². The fourth-order valence-electron chi connectivity index (χ4n) is 2.73. The number of carbonyl (C=O) groups excluding carboxylic acids is 4. The average molecular weight is 460 g/mol. The molecule has 0 saturated carbocycles. The molecule has 32 heavy (non-hydrogen) atoms. The van der Waals surface area contributed by atoms with Crippen molar-refractivity contribution in [1.29, 1.82) is 0 Å². The molecule has 13 nitrogen and oxygen atoms in total. The Labute approximate surface area is 185 Å². The predicted molar refractivity (Wildman–Crippen MR) is 112 cm³/mol. The lowest BCUT2D eigenvalue weighted by molar-refractivity contribution is -0.144. The minimum atomic E-state index is -1.61. The zero-order valence-corrected chi connectivity index (χ0v) is 18.6. The molecule has 0 rings (SSSR count). The molecule has 0 fully saturated rings. The van der Waals surface area contributed by atoms with Gasteiger partial charge in [-0.15, -0.1) is 0 Å². The first-order valence-corrected chi connectivity index (χ1v) is 10.0. The Morgan fingerprint density at radius 3 is 1.72 bits per heavy atom. The second kappa shape index (κ2) is 13.2. The van der Waals surface area contributed by atoms with Crippen LogP contribution >= 0.6 is 0 Å². The maximum Gasteiger partial charge on any atom is 0.326 e. The van der Waals surface area contributed by atoms with E-state index in [4.69, 9.17) is 21.7 Å². The fourth-order valence-corrected chi connectivity index (χ4v) is 2.73. The smallest absolute Gasteiger partial charge is 0.326 e.